The van der Waals surface area contributed by atoms with E-state index in [1.165, 1.54) is 0 Å². The highest BCUT2D eigenvalue weighted by atomic mass is 79.9. The molecule has 0 aliphatic rings. The first-order valence-electron chi connectivity index (χ1n) is 6.78. The van der Waals surface area contributed by atoms with Crippen LogP contribution in [0.4, 0.5) is 0 Å². The molecule has 2 aromatic rings. The van der Waals surface area contributed by atoms with Crippen molar-refractivity contribution in [1.29, 1.82) is 0 Å². The highest BCUT2D eigenvalue weighted by Gasteiger charge is 2.17. The predicted octanol–water partition coefficient (Wildman–Crippen LogP) is 4.21. The molecule has 1 aromatic heterocycles. The van der Waals surface area contributed by atoms with Crippen molar-refractivity contribution in [3.63, 3.8) is 0 Å². The zero-order chi connectivity index (χ0) is 14.5. The molecule has 20 heavy (non-hydrogen) atoms. The third-order valence-electron chi connectivity index (χ3n) is 3.36. The molecule has 0 aliphatic heterocycles. The minimum absolute atomic E-state index is 0.151. The zero-order valence-electron chi connectivity index (χ0n) is 11.7. The van der Waals surface area contributed by atoms with E-state index >= 15 is 0 Å². The van der Waals surface area contributed by atoms with E-state index in [1.807, 2.05) is 31.6 Å². The molecule has 0 aliphatic carbocycles. The first kappa shape index (κ1) is 15.5. The summed E-state index contributed by atoms with van der Waals surface area (Å²) >= 11 is 9.87. The van der Waals surface area contributed by atoms with Crippen LogP contribution in [0.2, 0.25) is 5.02 Å². The van der Waals surface area contributed by atoms with Gasteiger partial charge in [0.1, 0.15) is 5.82 Å². The number of hydrogen-bond donors (Lipinski definition) is 1. The third-order valence-corrected chi connectivity index (χ3v) is 4.67. The summed E-state index contributed by atoms with van der Waals surface area (Å²) in [5.74, 6) is 1.09. The van der Waals surface area contributed by atoms with Crippen LogP contribution in [0.5, 0.6) is 0 Å². The fourth-order valence-electron chi connectivity index (χ4n) is 2.31. The highest BCUT2D eigenvalue weighted by Crippen LogP contribution is 2.31. The summed E-state index contributed by atoms with van der Waals surface area (Å²) in [6.07, 6.45) is 5.82. The van der Waals surface area contributed by atoms with E-state index in [-0.39, 0.29) is 6.04 Å². The topological polar surface area (TPSA) is 29.9 Å². The molecule has 0 radical (unpaired) electrons. The summed E-state index contributed by atoms with van der Waals surface area (Å²) in [5.41, 5.74) is 1.09. The number of imidazole rings is 1. The van der Waals surface area contributed by atoms with Crippen LogP contribution in [0.25, 0.3) is 0 Å². The Morgan fingerprint density at radius 2 is 2.25 bits per heavy atom. The number of hydrogen-bond acceptors (Lipinski definition) is 2. The number of aromatic nitrogens is 2. The number of rotatable bonds is 6. The molecule has 1 unspecified atom stereocenters. The van der Waals surface area contributed by atoms with Gasteiger partial charge in [-0.1, -0.05) is 30.7 Å². The monoisotopic (exact) mass is 355 g/mol. The first-order chi connectivity index (χ1) is 9.67. The Bertz CT molecular complexity index is 568. The standard InChI is InChI=1S/C15H19BrClN3/c1-3-8-20-9-7-19-14(20)10-13(18-2)11-5-4-6-12(16)15(11)17/h4-7,9,13,18H,3,8,10H2,1-2H3. The molecular formula is C15H19BrClN3. The van der Waals surface area contributed by atoms with Crippen LogP contribution >= 0.6 is 27.5 Å². The van der Waals surface area contributed by atoms with Crippen LogP contribution in [-0.2, 0) is 13.0 Å². The maximum Gasteiger partial charge on any atom is 0.110 e. The maximum absolute atomic E-state index is 6.39. The highest BCUT2D eigenvalue weighted by molar-refractivity contribution is 9.10. The summed E-state index contributed by atoms with van der Waals surface area (Å²) in [7, 11) is 1.95. The van der Waals surface area contributed by atoms with E-state index < -0.39 is 0 Å². The molecular weight excluding hydrogens is 338 g/mol. The number of likely N-dealkylation sites (N-methyl/N-ethyl adjacent to an activating group) is 1. The number of aryl methyl sites for hydroxylation is 1. The molecule has 1 heterocycles. The van der Waals surface area contributed by atoms with Crippen molar-refractivity contribution in [2.24, 2.45) is 0 Å². The Morgan fingerprint density at radius 3 is 2.95 bits per heavy atom. The van der Waals surface area contributed by atoms with Crippen molar-refractivity contribution in [2.75, 3.05) is 7.05 Å². The third kappa shape index (κ3) is 3.43. The van der Waals surface area contributed by atoms with Gasteiger partial charge < -0.3 is 9.88 Å². The van der Waals surface area contributed by atoms with Crippen LogP contribution in [0, 0.1) is 0 Å². The summed E-state index contributed by atoms with van der Waals surface area (Å²) in [6.45, 7) is 3.17. The Labute approximate surface area is 133 Å². The minimum Gasteiger partial charge on any atom is -0.335 e. The molecule has 3 nitrogen and oxygen atoms in total. The second kappa shape index (κ2) is 7.25. The fourth-order valence-corrected chi connectivity index (χ4v) is 2.95. The average Bonchev–Trinajstić information content (AvgIpc) is 2.87. The molecule has 1 aromatic carbocycles. The van der Waals surface area contributed by atoms with Gasteiger partial charge in [0.2, 0.25) is 0 Å². The minimum atomic E-state index is 0.151. The van der Waals surface area contributed by atoms with Crippen molar-refractivity contribution in [3.8, 4) is 0 Å². The van der Waals surface area contributed by atoms with Gasteiger partial charge in [-0.3, -0.25) is 0 Å². The van der Waals surface area contributed by atoms with Crippen LogP contribution in [0.3, 0.4) is 0 Å². The van der Waals surface area contributed by atoms with Gasteiger partial charge in [0, 0.05) is 35.9 Å². The van der Waals surface area contributed by atoms with Gasteiger partial charge in [0.05, 0.1) is 5.02 Å². The predicted molar refractivity (Wildman–Crippen MR) is 87.2 cm³/mol. The molecule has 0 spiro atoms. The van der Waals surface area contributed by atoms with Gasteiger partial charge in [-0.25, -0.2) is 4.98 Å². The second-order valence-corrected chi connectivity index (χ2v) is 5.96. The SMILES string of the molecule is CCCn1ccnc1CC(NC)c1cccc(Br)c1Cl. The van der Waals surface area contributed by atoms with E-state index in [0.29, 0.717) is 0 Å². The van der Waals surface area contributed by atoms with E-state index in [0.717, 1.165) is 40.3 Å². The number of halogens is 2. The summed E-state index contributed by atoms with van der Waals surface area (Å²) in [4.78, 5) is 4.47. The Kier molecular flexibility index (Phi) is 5.64. The lowest BCUT2D eigenvalue weighted by Gasteiger charge is -2.19. The molecule has 108 valence electrons. The van der Waals surface area contributed by atoms with Crippen molar-refractivity contribution in [2.45, 2.75) is 32.4 Å². The smallest absolute Gasteiger partial charge is 0.110 e. The largest absolute Gasteiger partial charge is 0.335 e. The van der Waals surface area contributed by atoms with E-state index in [1.54, 1.807) is 0 Å². The number of benzene rings is 1. The fraction of sp³-hybridized carbons (Fsp3) is 0.400. The first-order valence-corrected chi connectivity index (χ1v) is 7.95. The average molecular weight is 357 g/mol. The van der Waals surface area contributed by atoms with Crippen LogP contribution in [0.1, 0.15) is 30.8 Å². The lowest BCUT2D eigenvalue weighted by Crippen LogP contribution is -2.21. The lowest BCUT2D eigenvalue weighted by atomic mass is 10.0. The lowest BCUT2D eigenvalue weighted by molar-refractivity contribution is 0.543. The summed E-state index contributed by atoms with van der Waals surface area (Å²) in [5, 5.41) is 4.10. The maximum atomic E-state index is 6.39. The van der Waals surface area contributed by atoms with E-state index in [4.69, 9.17) is 11.6 Å². The van der Waals surface area contributed by atoms with Gasteiger partial charge >= 0.3 is 0 Å². The van der Waals surface area contributed by atoms with Crippen LogP contribution < -0.4 is 5.32 Å². The van der Waals surface area contributed by atoms with E-state index in [9.17, 15) is 0 Å². The Morgan fingerprint density at radius 1 is 1.45 bits per heavy atom. The van der Waals surface area contributed by atoms with Gasteiger partial charge in [0.25, 0.3) is 0 Å². The molecule has 0 bridgehead atoms. The summed E-state index contributed by atoms with van der Waals surface area (Å²) in [6, 6.07) is 6.17. The van der Waals surface area contributed by atoms with E-state index in [2.05, 4.69) is 43.8 Å². The Hall–Kier alpha value is -0.840. The molecule has 2 rings (SSSR count). The van der Waals surface area contributed by atoms with Gasteiger partial charge in [0.15, 0.2) is 0 Å². The Balaban J connectivity index is 2.24. The van der Waals surface area contributed by atoms with Crippen LogP contribution in [-0.4, -0.2) is 16.6 Å². The second-order valence-electron chi connectivity index (χ2n) is 4.73. The number of nitrogens with zero attached hydrogens (tertiary/aromatic N) is 2. The normalized spacial score (nSPS) is 12.6. The molecule has 0 amide bonds. The molecule has 0 saturated carbocycles. The van der Waals surface area contributed by atoms with Gasteiger partial charge in [-0.05, 0) is 41.0 Å². The molecule has 0 fully saturated rings. The van der Waals surface area contributed by atoms with Gasteiger partial charge in [-0.2, -0.15) is 0 Å². The number of nitrogens with one attached hydrogen (secondary N) is 1. The zero-order valence-corrected chi connectivity index (χ0v) is 14.1. The quantitative estimate of drug-likeness (QED) is 0.840. The summed E-state index contributed by atoms with van der Waals surface area (Å²) < 4.78 is 3.13. The van der Waals surface area contributed by atoms with Crippen molar-refractivity contribution < 1.29 is 0 Å². The van der Waals surface area contributed by atoms with Crippen LogP contribution in [0.15, 0.2) is 35.1 Å². The molecule has 1 N–H and O–H groups in total. The van der Waals surface area contributed by atoms with Crippen molar-refractivity contribution >= 4 is 27.5 Å². The molecule has 5 heteroatoms. The van der Waals surface area contributed by atoms with Crippen molar-refractivity contribution in [1.82, 2.24) is 14.9 Å². The van der Waals surface area contributed by atoms with Gasteiger partial charge in [-0.15, -0.1) is 0 Å². The molecule has 0 saturated heterocycles. The molecule has 1 atom stereocenters. The van der Waals surface area contributed by atoms with Crippen molar-refractivity contribution in [3.05, 3.63) is 51.5 Å².